The van der Waals surface area contributed by atoms with Gasteiger partial charge in [0.25, 0.3) is 0 Å². The molecule has 2 rings (SSSR count). The van der Waals surface area contributed by atoms with Gasteiger partial charge in [-0.05, 0) is 35.4 Å². The van der Waals surface area contributed by atoms with E-state index in [2.05, 4.69) is 31.3 Å². The second-order valence-electron chi connectivity index (χ2n) is 4.87. The zero-order valence-electron chi connectivity index (χ0n) is 13.1. The van der Waals surface area contributed by atoms with Crippen LogP contribution in [0.4, 0.5) is 4.79 Å². The number of methoxy groups -OCH3 is 1. The van der Waals surface area contributed by atoms with Crippen LogP contribution in [0, 0.1) is 0 Å². The number of hydrogen-bond donors (Lipinski definition) is 2. The molecule has 0 spiro atoms. The molecule has 0 heterocycles. The summed E-state index contributed by atoms with van der Waals surface area (Å²) in [5.41, 5.74) is 2.32. The molecule has 0 aliphatic carbocycles. The Bertz CT molecular complexity index is 742. The van der Waals surface area contributed by atoms with E-state index in [1.165, 1.54) is 7.11 Å². The molecule has 0 saturated heterocycles. The van der Waals surface area contributed by atoms with Gasteiger partial charge in [-0.3, -0.25) is 0 Å². The van der Waals surface area contributed by atoms with E-state index in [4.69, 9.17) is 0 Å². The van der Waals surface area contributed by atoms with Crippen LogP contribution in [-0.2, 0) is 11.3 Å². The predicted octanol–water partition coefficient (Wildman–Crippen LogP) is 3.71. The Morgan fingerprint density at radius 1 is 1.12 bits per heavy atom. The van der Waals surface area contributed by atoms with Crippen molar-refractivity contribution in [3.8, 4) is 0 Å². The number of hydrogen-bond acceptors (Lipinski definition) is 3. The number of nitrogens with one attached hydrogen (secondary N) is 2. The molecule has 0 radical (unpaired) electrons. The van der Waals surface area contributed by atoms with E-state index in [1.54, 1.807) is 36.5 Å². The van der Waals surface area contributed by atoms with Crippen LogP contribution >= 0.6 is 15.9 Å². The van der Waals surface area contributed by atoms with Crippen molar-refractivity contribution in [2.24, 2.45) is 0 Å². The van der Waals surface area contributed by atoms with Gasteiger partial charge in [-0.15, -0.1) is 0 Å². The van der Waals surface area contributed by atoms with Crippen LogP contribution in [0.5, 0.6) is 0 Å². The molecule has 2 aromatic rings. The van der Waals surface area contributed by atoms with Gasteiger partial charge in [0.2, 0.25) is 0 Å². The van der Waals surface area contributed by atoms with Gasteiger partial charge in [0.05, 0.1) is 12.7 Å². The average Bonchev–Trinajstić information content (AvgIpc) is 2.61. The summed E-state index contributed by atoms with van der Waals surface area (Å²) in [4.78, 5) is 23.1. The highest BCUT2D eigenvalue weighted by molar-refractivity contribution is 9.10. The minimum Gasteiger partial charge on any atom is -0.465 e. The minimum absolute atomic E-state index is 0.310. The summed E-state index contributed by atoms with van der Waals surface area (Å²) in [7, 11) is 1.34. The third kappa shape index (κ3) is 5.24. The fourth-order valence-corrected chi connectivity index (χ4v) is 2.34. The van der Waals surface area contributed by atoms with Crippen LogP contribution in [0.1, 0.15) is 21.5 Å². The molecule has 5 nitrogen and oxygen atoms in total. The fourth-order valence-electron chi connectivity index (χ4n) is 1.93. The Kier molecular flexibility index (Phi) is 6.57. The molecule has 2 aromatic carbocycles. The first-order valence-electron chi connectivity index (χ1n) is 7.23. The van der Waals surface area contributed by atoms with Crippen molar-refractivity contribution in [2.75, 3.05) is 7.11 Å². The summed E-state index contributed by atoms with van der Waals surface area (Å²) >= 11 is 3.43. The number of halogens is 1. The molecule has 0 aliphatic heterocycles. The Morgan fingerprint density at radius 2 is 1.83 bits per heavy atom. The summed E-state index contributed by atoms with van der Waals surface area (Å²) in [6.07, 6.45) is 3.38. The molecule has 0 aliphatic rings. The van der Waals surface area contributed by atoms with Gasteiger partial charge in [0, 0.05) is 17.2 Å². The molecule has 24 heavy (non-hydrogen) atoms. The van der Waals surface area contributed by atoms with Crippen LogP contribution in [0.2, 0.25) is 0 Å². The molecule has 0 unspecified atom stereocenters. The lowest BCUT2D eigenvalue weighted by Crippen LogP contribution is -2.31. The van der Waals surface area contributed by atoms with E-state index in [0.717, 1.165) is 15.6 Å². The zero-order chi connectivity index (χ0) is 17.4. The highest BCUT2D eigenvalue weighted by Crippen LogP contribution is 2.16. The maximum absolute atomic E-state index is 11.8. The lowest BCUT2D eigenvalue weighted by atomic mass is 10.1. The Hall–Kier alpha value is -2.60. The first-order valence-corrected chi connectivity index (χ1v) is 8.02. The van der Waals surface area contributed by atoms with E-state index in [0.29, 0.717) is 12.1 Å². The van der Waals surface area contributed by atoms with Crippen molar-refractivity contribution in [1.82, 2.24) is 10.6 Å². The van der Waals surface area contributed by atoms with Crippen molar-refractivity contribution in [1.29, 1.82) is 0 Å². The van der Waals surface area contributed by atoms with E-state index in [1.807, 2.05) is 24.3 Å². The van der Waals surface area contributed by atoms with Crippen molar-refractivity contribution >= 4 is 34.0 Å². The number of amides is 2. The maximum Gasteiger partial charge on any atom is 0.337 e. The molecule has 0 fully saturated rings. The standard InChI is InChI=1S/C18H17BrN2O3/c1-24-17(22)15-8-6-13(7-9-15)12-21-18(23)20-11-10-14-4-2-3-5-16(14)19/h2-11H,12H2,1H3,(H2,20,21,23)/b11-10+. The molecule has 0 saturated carbocycles. The number of urea groups is 1. The Balaban J connectivity index is 1.81. The third-order valence-corrected chi connectivity index (χ3v) is 3.93. The molecule has 0 atom stereocenters. The second-order valence-corrected chi connectivity index (χ2v) is 5.72. The summed E-state index contributed by atoms with van der Waals surface area (Å²) < 4.78 is 5.59. The molecular weight excluding hydrogens is 372 g/mol. The van der Waals surface area contributed by atoms with Crippen molar-refractivity contribution in [2.45, 2.75) is 6.54 Å². The topological polar surface area (TPSA) is 67.4 Å². The number of benzene rings is 2. The monoisotopic (exact) mass is 388 g/mol. The van der Waals surface area contributed by atoms with Gasteiger partial charge < -0.3 is 15.4 Å². The van der Waals surface area contributed by atoms with Gasteiger partial charge in [-0.25, -0.2) is 9.59 Å². The number of carbonyl (C=O) groups excluding carboxylic acids is 2. The summed E-state index contributed by atoms with van der Waals surface area (Å²) in [5.74, 6) is -0.385. The lowest BCUT2D eigenvalue weighted by molar-refractivity contribution is 0.0600. The van der Waals surface area contributed by atoms with Crippen molar-refractivity contribution in [3.63, 3.8) is 0 Å². The highest BCUT2D eigenvalue weighted by atomic mass is 79.9. The molecule has 2 N–H and O–H groups in total. The van der Waals surface area contributed by atoms with Crippen molar-refractivity contribution < 1.29 is 14.3 Å². The minimum atomic E-state index is -0.385. The van der Waals surface area contributed by atoms with E-state index < -0.39 is 0 Å². The number of carbonyl (C=O) groups is 2. The summed E-state index contributed by atoms with van der Waals surface area (Å²) in [6.45, 7) is 0.357. The summed E-state index contributed by atoms with van der Waals surface area (Å²) in [5, 5.41) is 5.38. The van der Waals surface area contributed by atoms with Crippen LogP contribution < -0.4 is 10.6 Å². The maximum atomic E-state index is 11.8. The first kappa shape index (κ1) is 17.7. The smallest absolute Gasteiger partial charge is 0.337 e. The molecular formula is C18H17BrN2O3. The van der Waals surface area contributed by atoms with Crippen LogP contribution in [0.25, 0.3) is 6.08 Å². The SMILES string of the molecule is COC(=O)c1ccc(CNC(=O)N/C=C/c2ccccc2Br)cc1. The van der Waals surface area contributed by atoms with Gasteiger partial charge in [-0.1, -0.05) is 46.3 Å². The largest absolute Gasteiger partial charge is 0.465 e. The number of rotatable bonds is 5. The Morgan fingerprint density at radius 3 is 2.50 bits per heavy atom. The molecule has 0 bridgehead atoms. The predicted molar refractivity (Wildman–Crippen MR) is 96.3 cm³/mol. The van der Waals surface area contributed by atoms with Gasteiger partial charge >= 0.3 is 12.0 Å². The highest BCUT2D eigenvalue weighted by Gasteiger charge is 2.04. The summed E-state index contributed by atoms with van der Waals surface area (Å²) in [6, 6.07) is 14.3. The molecule has 6 heteroatoms. The first-order chi connectivity index (χ1) is 11.6. The van der Waals surface area contributed by atoms with Gasteiger partial charge in [0.15, 0.2) is 0 Å². The van der Waals surface area contributed by atoms with Crippen molar-refractivity contribution in [3.05, 3.63) is 75.9 Å². The normalized spacial score (nSPS) is 10.4. The molecule has 0 aromatic heterocycles. The fraction of sp³-hybridized carbons (Fsp3) is 0.111. The molecule has 2 amide bonds. The van der Waals surface area contributed by atoms with Gasteiger partial charge in [-0.2, -0.15) is 0 Å². The lowest BCUT2D eigenvalue weighted by Gasteiger charge is -2.06. The molecule has 124 valence electrons. The van der Waals surface area contributed by atoms with E-state index in [-0.39, 0.29) is 12.0 Å². The quantitative estimate of drug-likeness (QED) is 0.767. The number of esters is 1. The van der Waals surface area contributed by atoms with Crippen LogP contribution in [0.3, 0.4) is 0 Å². The number of ether oxygens (including phenoxy) is 1. The zero-order valence-corrected chi connectivity index (χ0v) is 14.7. The average molecular weight is 389 g/mol. The van der Waals surface area contributed by atoms with Gasteiger partial charge in [0.1, 0.15) is 0 Å². The van der Waals surface area contributed by atoms with E-state index in [9.17, 15) is 9.59 Å². The van der Waals surface area contributed by atoms with E-state index >= 15 is 0 Å². The third-order valence-electron chi connectivity index (χ3n) is 3.21. The second kappa shape index (κ2) is 8.88. The van der Waals surface area contributed by atoms with Crippen LogP contribution in [0.15, 0.2) is 59.2 Å². The Labute approximate surface area is 148 Å². The van der Waals surface area contributed by atoms with Crippen LogP contribution in [-0.4, -0.2) is 19.1 Å².